The summed E-state index contributed by atoms with van der Waals surface area (Å²) in [6, 6.07) is 4.35. The molecule has 0 spiro atoms. The van der Waals surface area contributed by atoms with Crippen LogP contribution in [-0.4, -0.2) is 72.8 Å². The van der Waals surface area contributed by atoms with Crippen molar-refractivity contribution in [1.29, 1.82) is 5.26 Å². The number of nitrogens with zero attached hydrogens (tertiary/aromatic N) is 2. The molecule has 2 aromatic rings. The third-order valence-electron chi connectivity index (χ3n) is 8.16. The fraction of sp³-hybridized carbons (Fsp3) is 0.514. The Kier molecular flexibility index (Phi) is 14.8. The minimum atomic E-state index is -0.904. The van der Waals surface area contributed by atoms with E-state index in [0.717, 1.165) is 6.07 Å². The summed E-state index contributed by atoms with van der Waals surface area (Å²) in [5, 5.41) is 14.2. The molecule has 2 amide bonds. The Balaban J connectivity index is 1.68. The van der Waals surface area contributed by atoms with Crippen LogP contribution in [0.15, 0.2) is 30.5 Å². The average molecular weight is 713 g/mol. The van der Waals surface area contributed by atoms with Crippen LogP contribution in [0.4, 0.5) is 15.0 Å². The summed E-state index contributed by atoms with van der Waals surface area (Å²) in [5.74, 6) is -4.97. The molecule has 1 saturated carbocycles. The lowest BCUT2D eigenvalue weighted by Crippen LogP contribution is -2.39. The molecule has 1 fully saturated rings. The number of anilines is 1. The summed E-state index contributed by atoms with van der Waals surface area (Å²) < 4.78 is 36.9. The number of nitrogens with two attached hydrogens (primary N) is 2. The topological polar surface area (TPSA) is 235 Å². The maximum atomic E-state index is 15.3. The summed E-state index contributed by atoms with van der Waals surface area (Å²) in [4.78, 5) is 67.0. The Bertz CT molecular complexity index is 1580. The fourth-order valence-electron chi connectivity index (χ4n) is 4.77. The van der Waals surface area contributed by atoms with E-state index in [1.165, 1.54) is 24.4 Å². The lowest BCUT2D eigenvalue weighted by atomic mass is 10.00. The van der Waals surface area contributed by atoms with Crippen molar-refractivity contribution in [2.24, 2.45) is 29.2 Å². The van der Waals surface area contributed by atoms with Crippen LogP contribution in [0.25, 0.3) is 0 Å². The predicted octanol–water partition coefficient (Wildman–Crippen LogP) is 3.30. The van der Waals surface area contributed by atoms with E-state index in [0.29, 0.717) is 12.0 Å². The molecule has 1 aliphatic rings. The first kappa shape index (κ1) is 40.3. The van der Waals surface area contributed by atoms with Gasteiger partial charge in [0, 0.05) is 36.1 Å². The first-order chi connectivity index (χ1) is 24.2. The van der Waals surface area contributed by atoms with Gasteiger partial charge in [0.25, 0.3) is 0 Å². The van der Waals surface area contributed by atoms with Crippen molar-refractivity contribution in [3.63, 3.8) is 0 Å². The second kappa shape index (κ2) is 18.7. The van der Waals surface area contributed by atoms with E-state index in [1.807, 2.05) is 6.07 Å². The molecular weight excluding hydrogens is 667 g/mol. The molecule has 51 heavy (non-hydrogen) atoms. The number of pyridine rings is 1. The van der Waals surface area contributed by atoms with Crippen molar-refractivity contribution in [3.05, 3.63) is 53.0 Å². The van der Waals surface area contributed by atoms with E-state index in [9.17, 15) is 24.0 Å². The molecule has 0 saturated heterocycles. The maximum Gasteiger partial charge on any atom is 0.323 e. The minimum absolute atomic E-state index is 0.0341. The van der Waals surface area contributed by atoms with Crippen molar-refractivity contribution in [2.75, 3.05) is 25.3 Å². The van der Waals surface area contributed by atoms with E-state index in [2.05, 4.69) is 15.6 Å². The van der Waals surface area contributed by atoms with Gasteiger partial charge in [0.15, 0.2) is 5.78 Å². The number of urea groups is 1. The van der Waals surface area contributed by atoms with Crippen molar-refractivity contribution in [3.8, 4) is 11.8 Å². The normalized spacial score (nSPS) is 16.1. The van der Waals surface area contributed by atoms with Crippen LogP contribution in [0.5, 0.6) is 5.75 Å². The molecule has 1 aliphatic carbocycles. The average Bonchev–Trinajstić information content (AvgIpc) is 3.85. The molecule has 0 bridgehead atoms. The van der Waals surface area contributed by atoms with Crippen LogP contribution in [0.2, 0.25) is 0 Å². The van der Waals surface area contributed by atoms with Gasteiger partial charge in [-0.3, -0.25) is 24.5 Å². The first-order valence-electron chi connectivity index (χ1n) is 16.6. The number of carbonyl (C=O) groups is 5. The number of nitrogens with one attached hydrogen (secondary N) is 2. The minimum Gasteiger partial charge on any atom is -0.464 e. The van der Waals surface area contributed by atoms with Gasteiger partial charge < -0.3 is 35.7 Å². The van der Waals surface area contributed by atoms with Gasteiger partial charge in [-0.05, 0) is 42.5 Å². The van der Waals surface area contributed by atoms with E-state index < -0.39 is 66.5 Å². The number of Topliss-reactive ketones (excluding diaryl/α,β-unsaturated/α-hetero) is 1. The number of nitriles is 1. The predicted molar refractivity (Wildman–Crippen MR) is 181 cm³/mol. The number of amides is 2. The lowest BCUT2D eigenvalue weighted by Gasteiger charge is -2.21. The fourth-order valence-corrected chi connectivity index (χ4v) is 4.77. The van der Waals surface area contributed by atoms with Crippen LogP contribution in [0.3, 0.4) is 0 Å². The molecule has 1 heterocycles. The molecule has 15 nitrogen and oxygen atoms in total. The molecule has 1 aromatic carbocycles. The zero-order valence-corrected chi connectivity index (χ0v) is 29.3. The summed E-state index contributed by atoms with van der Waals surface area (Å²) in [7, 11) is 0. The van der Waals surface area contributed by atoms with Crippen LogP contribution >= 0.6 is 0 Å². The monoisotopic (exact) mass is 712 g/mol. The van der Waals surface area contributed by atoms with Crippen LogP contribution < -0.4 is 26.8 Å². The van der Waals surface area contributed by atoms with Gasteiger partial charge in [-0.2, -0.15) is 5.26 Å². The van der Waals surface area contributed by atoms with Gasteiger partial charge in [0.1, 0.15) is 35.5 Å². The van der Waals surface area contributed by atoms with Gasteiger partial charge >= 0.3 is 23.9 Å². The van der Waals surface area contributed by atoms with Crippen molar-refractivity contribution >= 4 is 35.5 Å². The number of aromatic nitrogens is 1. The quantitative estimate of drug-likeness (QED) is 0.0752. The number of halogens is 1. The Morgan fingerprint density at radius 2 is 1.61 bits per heavy atom. The highest BCUT2D eigenvalue weighted by Crippen LogP contribution is 2.47. The third-order valence-corrected chi connectivity index (χ3v) is 8.16. The summed E-state index contributed by atoms with van der Waals surface area (Å²) in [6.45, 7) is 7.26. The Morgan fingerprint density at radius 3 is 2.14 bits per heavy atom. The first-order valence-corrected chi connectivity index (χ1v) is 16.6. The molecule has 16 heteroatoms. The van der Waals surface area contributed by atoms with Crippen molar-refractivity contribution in [1.82, 2.24) is 10.3 Å². The van der Waals surface area contributed by atoms with E-state index in [-0.39, 0.29) is 66.4 Å². The molecule has 4 atom stereocenters. The van der Waals surface area contributed by atoms with Crippen molar-refractivity contribution < 1.29 is 47.3 Å². The maximum absolute atomic E-state index is 15.3. The smallest absolute Gasteiger partial charge is 0.323 e. The number of carbonyl (C=O) groups excluding carboxylic acids is 5. The molecule has 2 unspecified atom stereocenters. The van der Waals surface area contributed by atoms with Crippen molar-refractivity contribution in [2.45, 2.75) is 77.9 Å². The van der Waals surface area contributed by atoms with Gasteiger partial charge in [0.2, 0.25) is 6.79 Å². The summed E-state index contributed by atoms with van der Waals surface area (Å²) >= 11 is 0. The number of rotatable bonds is 18. The molecular formula is C35H45FN6O9. The number of ketones is 1. The van der Waals surface area contributed by atoms with Crippen LogP contribution in [0, 0.1) is 34.9 Å². The van der Waals surface area contributed by atoms with Gasteiger partial charge in [0.05, 0.1) is 30.8 Å². The number of benzene rings is 1. The highest BCUT2D eigenvalue weighted by atomic mass is 19.1. The highest BCUT2D eigenvalue weighted by Gasteiger charge is 2.44. The van der Waals surface area contributed by atoms with Gasteiger partial charge in [-0.1, -0.05) is 34.6 Å². The largest absolute Gasteiger partial charge is 0.464 e. The zero-order chi connectivity index (χ0) is 37.8. The van der Waals surface area contributed by atoms with Crippen LogP contribution in [0.1, 0.15) is 81.3 Å². The standard InChI is InChI=1S/C35H45FN6O9/c1-6-26(43)22-8-9-24(36)29(23-12-25(23)41-35(47)42-27-10-7-20(13-37)14-40-27)32(22)51-17-50-28(44)11-21(15-48-33(45)30(38)18(2)3)16-49-34(46)31(39)19(4)5/h7-10,14,18-19,21,23,25,30-31H,6,11-12,15-17,38-39H2,1-5H3,(H2,40,41,42,47)/t23?,25?,30-,31-/m0/s1. The van der Waals surface area contributed by atoms with E-state index in [4.69, 9.17) is 35.7 Å². The zero-order valence-electron chi connectivity index (χ0n) is 29.3. The second-order valence-electron chi connectivity index (χ2n) is 12.9. The third kappa shape index (κ3) is 11.7. The Morgan fingerprint density at radius 1 is 0.980 bits per heavy atom. The molecule has 0 aliphatic heterocycles. The van der Waals surface area contributed by atoms with Crippen LogP contribution in [-0.2, 0) is 28.6 Å². The summed E-state index contributed by atoms with van der Waals surface area (Å²) in [5.41, 5.74) is 12.1. The number of hydrogen-bond donors (Lipinski definition) is 4. The molecule has 0 radical (unpaired) electrons. The second-order valence-corrected chi connectivity index (χ2v) is 12.9. The number of esters is 3. The SMILES string of the molecule is CCC(=O)c1ccc(F)c(C2CC2NC(=O)Nc2ccc(C#N)cn2)c1OCOC(=O)CC(COC(=O)[C@@H](N)C(C)C)COC(=O)[C@@H](N)C(C)C. The number of hydrogen-bond acceptors (Lipinski definition) is 13. The Hall–Kier alpha value is -5.14. The molecule has 1 aromatic heterocycles. The molecule has 6 N–H and O–H groups in total. The molecule has 3 rings (SSSR count). The Labute approximate surface area is 295 Å². The lowest BCUT2D eigenvalue weighted by molar-refractivity contribution is -0.159. The van der Waals surface area contributed by atoms with Gasteiger partial charge in [-0.25, -0.2) is 14.2 Å². The number of ether oxygens (including phenoxy) is 4. The molecule has 276 valence electrons. The van der Waals surface area contributed by atoms with E-state index >= 15 is 4.39 Å². The summed E-state index contributed by atoms with van der Waals surface area (Å²) in [6.07, 6.45) is 1.33. The highest BCUT2D eigenvalue weighted by molar-refractivity contribution is 5.99. The van der Waals surface area contributed by atoms with E-state index in [1.54, 1.807) is 34.6 Å². The van der Waals surface area contributed by atoms with Gasteiger partial charge in [-0.15, -0.1) is 0 Å².